The summed E-state index contributed by atoms with van der Waals surface area (Å²) in [5.41, 5.74) is -1.17. The van der Waals surface area contributed by atoms with Gasteiger partial charge in [-0.3, -0.25) is 4.79 Å². The molecule has 1 heterocycles. The van der Waals surface area contributed by atoms with Gasteiger partial charge in [-0.1, -0.05) is 23.4 Å². The molecule has 0 atom stereocenters. The minimum Gasteiger partial charge on any atom is -0.465 e. The molecule has 0 fully saturated rings. The van der Waals surface area contributed by atoms with Crippen molar-refractivity contribution in [3.8, 4) is 0 Å². The summed E-state index contributed by atoms with van der Waals surface area (Å²) in [5.74, 6) is -0.665. The summed E-state index contributed by atoms with van der Waals surface area (Å²) in [6.07, 6.45) is -2.97. The Labute approximate surface area is 144 Å². The summed E-state index contributed by atoms with van der Waals surface area (Å²) >= 11 is 6.72. The van der Waals surface area contributed by atoms with Crippen LogP contribution >= 0.6 is 23.4 Å². The number of pyridine rings is 1. The van der Waals surface area contributed by atoms with Crippen molar-refractivity contribution in [3.05, 3.63) is 52.2 Å². The number of carbonyl (C=O) groups excluding carboxylic acids is 2. The Morgan fingerprint density at radius 2 is 2.08 bits per heavy atom. The summed E-state index contributed by atoms with van der Waals surface area (Å²) in [7, 11) is 1.19. The number of hydrogen-bond acceptors (Lipinski definition) is 5. The van der Waals surface area contributed by atoms with E-state index in [2.05, 4.69) is 9.72 Å². The first-order chi connectivity index (χ1) is 11.3. The van der Waals surface area contributed by atoms with E-state index in [1.165, 1.54) is 25.4 Å². The quantitative estimate of drug-likeness (QED) is 0.581. The predicted molar refractivity (Wildman–Crippen MR) is 81.5 cm³/mol. The number of ether oxygens (including phenoxy) is 1. The van der Waals surface area contributed by atoms with E-state index in [0.29, 0.717) is 6.07 Å². The second kappa shape index (κ2) is 7.23. The van der Waals surface area contributed by atoms with Gasteiger partial charge in [0.2, 0.25) is 0 Å². The first kappa shape index (κ1) is 18.3. The third-order valence-corrected chi connectivity index (χ3v) is 4.49. The molecule has 0 aliphatic rings. The van der Waals surface area contributed by atoms with Gasteiger partial charge in [0.15, 0.2) is 6.29 Å². The summed E-state index contributed by atoms with van der Waals surface area (Å²) in [5, 5.41) is -0.104. The average Bonchev–Trinajstić information content (AvgIpc) is 2.55. The summed E-state index contributed by atoms with van der Waals surface area (Å²) in [6, 6.07) is 4.37. The largest absolute Gasteiger partial charge is 0.465 e. The number of carbonyl (C=O) groups is 2. The number of alkyl halides is 3. The lowest BCUT2D eigenvalue weighted by Gasteiger charge is -2.13. The Kier molecular flexibility index (Phi) is 5.51. The highest BCUT2D eigenvalue weighted by Crippen LogP contribution is 2.40. The normalized spacial score (nSPS) is 11.2. The van der Waals surface area contributed by atoms with Gasteiger partial charge in [-0.05, 0) is 24.3 Å². The molecule has 126 valence electrons. The van der Waals surface area contributed by atoms with Crippen molar-refractivity contribution in [2.45, 2.75) is 16.1 Å². The zero-order valence-electron chi connectivity index (χ0n) is 12.1. The molecule has 0 amide bonds. The third-order valence-electron chi connectivity index (χ3n) is 2.90. The van der Waals surface area contributed by atoms with Gasteiger partial charge >= 0.3 is 12.1 Å². The number of rotatable bonds is 4. The second-order valence-electron chi connectivity index (χ2n) is 4.44. The van der Waals surface area contributed by atoms with Crippen LogP contribution in [-0.2, 0) is 10.9 Å². The van der Waals surface area contributed by atoms with Gasteiger partial charge in [-0.15, -0.1) is 0 Å². The molecule has 0 spiro atoms. The van der Waals surface area contributed by atoms with E-state index in [4.69, 9.17) is 11.6 Å². The number of methoxy groups -OCH3 is 1. The highest BCUT2D eigenvalue weighted by molar-refractivity contribution is 7.99. The van der Waals surface area contributed by atoms with E-state index < -0.39 is 17.7 Å². The van der Waals surface area contributed by atoms with Crippen molar-refractivity contribution in [3.63, 3.8) is 0 Å². The lowest BCUT2D eigenvalue weighted by atomic mass is 10.1. The summed E-state index contributed by atoms with van der Waals surface area (Å²) < 4.78 is 43.0. The average molecular weight is 376 g/mol. The molecule has 9 heteroatoms. The lowest BCUT2D eigenvalue weighted by Crippen LogP contribution is -2.07. The fraction of sp³-hybridized carbons (Fsp3) is 0.133. The molecule has 1 aromatic heterocycles. The first-order valence-electron chi connectivity index (χ1n) is 6.35. The second-order valence-corrected chi connectivity index (χ2v) is 5.85. The van der Waals surface area contributed by atoms with Crippen LogP contribution in [0.25, 0.3) is 0 Å². The zero-order valence-corrected chi connectivity index (χ0v) is 13.6. The number of benzene rings is 1. The number of halogens is 4. The maximum absolute atomic E-state index is 12.8. The monoisotopic (exact) mass is 375 g/mol. The van der Waals surface area contributed by atoms with Crippen LogP contribution in [0.5, 0.6) is 0 Å². The van der Waals surface area contributed by atoms with Gasteiger partial charge < -0.3 is 4.74 Å². The third kappa shape index (κ3) is 3.88. The van der Waals surface area contributed by atoms with Crippen molar-refractivity contribution in [1.29, 1.82) is 0 Å². The van der Waals surface area contributed by atoms with Crippen LogP contribution < -0.4 is 0 Å². The molecule has 4 nitrogen and oxygen atoms in total. The molecule has 0 bridgehead atoms. The molecule has 0 saturated heterocycles. The molecule has 0 N–H and O–H groups in total. The molecule has 0 aliphatic heterocycles. The molecule has 1 aromatic carbocycles. The van der Waals surface area contributed by atoms with Crippen molar-refractivity contribution < 1.29 is 27.5 Å². The van der Waals surface area contributed by atoms with Gasteiger partial charge in [0.05, 0.1) is 23.3 Å². The molecule has 2 rings (SSSR count). The zero-order chi connectivity index (χ0) is 17.9. The van der Waals surface area contributed by atoms with Gasteiger partial charge in [-0.2, -0.15) is 13.2 Å². The fourth-order valence-corrected chi connectivity index (χ4v) is 3.10. The van der Waals surface area contributed by atoms with Crippen molar-refractivity contribution in [1.82, 2.24) is 4.98 Å². The van der Waals surface area contributed by atoms with E-state index in [-0.39, 0.29) is 32.4 Å². The Morgan fingerprint density at radius 1 is 1.38 bits per heavy atom. The van der Waals surface area contributed by atoms with E-state index in [0.717, 1.165) is 17.8 Å². The van der Waals surface area contributed by atoms with Gasteiger partial charge in [-0.25, -0.2) is 9.78 Å². The number of aldehydes is 1. The van der Waals surface area contributed by atoms with Crippen LogP contribution in [-0.4, -0.2) is 24.3 Å². The number of esters is 1. The van der Waals surface area contributed by atoms with E-state index in [1.807, 2.05) is 0 Å². The molecular weight excluding hydrogens is 367 g/mol. The van der Waals surface area contributed by atoms with Crippen molar-refractivity contribution in [2.24, 2.45) is 0 Å². The van der Waals surface area contributed by atoms with Crippen LogP contribution in [0.3, 0.4) is 0 Å². The molecular formula is C15H9ClF3NO3S. The van der Waals surface area contributed by atoms with Gasteiger partial charge in [0, 0.05) is 16.7 Å². The lowest BCUT2D eigenvalue weighted by molar-refractivity contribution is -0.137. The van der Waals surface area contributed by atoms with Gasteiger partial charge in [0.1, 0.15) is 5.03 Å². The summed E-state index contributed by atoms with van der Waals surface area (Å²) in [6.45, 7) is 0. The Bertz CT molecular complexity index is 796. The number of hydrogen-bond donors (Lipinski definition) is 0. The maximum atomic E-state index is 12.8. The highest BCUT2D eigenvalue weighted by atomic mass is 35.5. The number of aromatic nitrogens is 1. The molecule has 0 aliphatic carbocycles. The van der Waals surface area contributed by atoms with Crippen LogP contribution in [0.2, 0.25) is 5.02 Å². The fourth-order valence-electron chi connectivity index (χ4n) is 1.81. The Hall–Kier alpha value is -2.06. The number of nitrogens with zero attached hydrogens (tertiary/aromatic N) is 1. The van der Waals surface area contributed by atoms with E-state index >= 15 is 0 Å². The van der Waals surface area contributed by atoms with E-state index in [1.54, 1.807) is 0 Å². The minimum absolute atomic E-state index is 0.0727. The SMILES string of the molecule is COC(=O)c1cccnc1Sc1c(Cl)cc(C(F)(F)F)cc1C=O. The molecule has 24 heavy (non-hydrogen) atoms. The van der Waals surface area contributed by atoms with Crippen molar-refractivity contribution in [2.75, 3.05) is 7.11 Å². The standard InChI is InChI=1S/C15H9ClF3NO3S/c1-23-14(22)10-3-2-4-20-13(10)24-12-8(7-21)5-9(6-11(12)16)15(17,18)19/h2-7H,1H3. The Balaban J connectivity index is 2.52. The Morgan fingerprint density at radius 3 is 2.67 bits per heavy atom. The molecule has 2 aromatic rings. The summed E-state index contributed by atoms with van der Waals surface area (Å²) in [4.78, 5) is 27.0. The smallest absolute Gasteiger partial charge is 0.416 e. The van der Waals surface area contributed by atoms with Crippen LogP contribution in [0.4, 0.5) is 13.2 Å². The first-order valence-corrected chi connectivity index (χ1v) is 7.54. The maximum Gasteiger partial charge on any atom is 0.416 e. The molecule has 0 unspecified atom stereocenters. The van der Waals surface area contributed by atoms with Crippen LogP contribution in [0.1, 0.15) is 26.3 Å². The van der Waals surface area contributed by atoms with Gasteiger partial charge in [0.25, 0.3) is 0 Å². The molecule has 0 saturated carbocycles. The minimum atomic E-state index is -4.63. The van der Waals surface area contributed by atoms with Crippen LogP contribution in [0, 0.1) is 0 Å². The van der Waals surface area contributed by atoms with Crippen molar-refractivity contribution >= 4 is 35.6 Å². The highest BCUT2D eigenvalue weighted by Gasteiger charge is 2.32. The molecule has 0 radical (unpaired) electrons. The topological polar surface area (TPSA) is 56.3 Å². The van der Waals surface area contributed by atoms with E-state index in [9.17, 15) is 22.8 Å². The van der Waals surface area contributed by atoms with Crippen LogP contribution in [0.15, 0.2) is 40.4 Å². The predicted octanol–water partition coefficient (Wildman–Crippen LogP) is 4.50.